The molecule has 0 saturated heterocycles. The molecular weight excluding hydrogens is 226 g/mol. The molecule has 3 nitrogen and oxygen atoms in total. The van der Waals surface area contributed by atoms with Gasteiger partial charge in [-0.05, 0) is 45.0 Å². The first-order valence-electron chi connectivity index (χ1n) is 6.33. The highest BCUT2D eigenvalue weighted by molar-refractivity contribution is 5.81. The average Bonchev–Trinajstić information content (AvgIpc) is 3.12. The van der Waals surface area contributed by atoms with Crippen molar-refractivity contribution >= 4 is 5.97 Å². The Morgan fingerprint density at radius 2 is 1.94 bits per heavy atom. The van der Waals surface area contributed by atoms with Gasteiger partial charge in [0.15, 0.2) is 0 Å². The second-order valence-corrected chi connectivity index (χ2v) is 5.37. The van der Waals surface area contributed by atoms with Gasteiger partial charge in [0, 0.05) is 0 Å². The number of ether oxygens (including phenoxy) is 1. The molecule has 98 valence electrons. The minimum Gasteiger partial charge on any atom is -0.469 e. The first-order valence-corrected chi connectivity index (χ1v) is 6.33. The fourth-order valence-corrected chi connectivity index (χ4v) is 2.89. The quantitative estimate of drug-likeness (QED) is 0.766. The summed E-state index contributed by atoms with van der Waals surface area (Å²) in [6.07, 6.45) is 1.83. The molecule has 0 heterocycles. The molecule has 1 aliphatic rings. The van der Waals surface area contributed by atoms with Gasteiger partial charge in [-0.25, -0.2) is 0 Å². The van der Waals surface area contributed by atoms with E-state index in [1.807, 2.05) is 26.2 Å². The monoisotopic (exact) mass is 247 g/mol. The fourth-order valence-electron chi connectivity index (χ4n) is 2.89. The molecule has 2 rings (SSSR count). The number of hydrogen-bond acceptors (Lipinski definition) is 3. The summed E-state index contributed by atoms with van der Waals surface area (Å²) >= 11 is 0. The number of nitrogens with zero attached hydrogens (tertiary/aromatic N) is 1. The van der Waals surface area contributed by atoms with Gasteiger partial charge in [-0.1, -0.05) is 24.3 Å². The van der Waals surface area contributed by atoms with Crippen LogP contribution in [0, 0.1) is 12.3 Å². The maximum Gasteiger partial charge on any atom is 0.313 e. The van der Waals surface area contributed by atoms with Gasteiger partial charge in [0.1, 0.15) is 0 Å². The molecule has 1 aliphatic carbocycles. The SMILES string of the molecule is COC(=O)C1(C(c2ccccc2C)N(C)C)CC1. The lowest BCUT2D eigenvalue weighted by Crippen LogP contribution is -2.35. The van der Waals surface area contributed by atoms with Gasteiger partial charge in [0.2, 0.25) is 0 Å². The summed E-state index contributed by atoms with van der Waals surface area (Å²) in [5.41, 5.74) is 2.11. The van der Waals surface area contributed by atoms with Crippen LogP contribution in [0.1, 0.15) is 30.0 Å². The maximum atomic E-state index is 12.1. The van der Waals surface area contributed by atoms with E-state index in [0.717, 1.165) is 12.8 Å². The molecule has 1 aromatic carbocycles. The lowest BCUT2D eigenvalue weighted by Gasteiger charge is -2.32. The van der Waals surface area contributed by atoms with Crippen LogP contribution in [-0.2, 0) is 9.53 Å². The van der Waals surface area contributed by atoms with Crippen molar-refractivity contribution in [2.75, 3.05) is 21.2 Å². The minimum atomic E-state index is -0.343. The van der Waals surface area contributed by atoms with E-state index in [9.17, 15) is 4.79 Å². The minimum absolute atomic E-state index is 0.0792. The first kappa shape index (κ1) is 13.1. The Morgan fingerprint density at radius 3 is 2.39 bits per heavy atom. The molecule has 0 spiro atoms. The summed E-state index contributed by atoms with van der Waals surface area (Å²) < 4.78 is 5.00. The van der Waals surface area contributed by atoms with Gasteiger partial charge in [-0.15, -0.1) is 0 Å². The summed E-state index contributed by atoms with van der Waals surface area (Å²) in [6, 6.07) is 8.38. The average molecular weight is 247 g/mol. The zero-order chi connectivity index (χ0) is 13.3. The number of methoxy groups -OCH3 is 1. The predicted molar refractivity (Wildman–Crippen MR) is 71.3 cm³/mol. The molecule has 0 amide bonds. The zero-order valence-corrected chi connectivity index (χ0v) is 11.6. The second kappa shape index (κ2) is 4.73. The summed E-state index contributed by atoms with van der Waals surface area (Å²) in [5, 5.41) is 0. The zero-order valence-electron chi connectivity index (χ0n) is 11.6. The Hall–Kier alpha value is -1.35. The Balaban J connectivity index is 2.42. The van der Waals surface area contributed by atoms with Crippen LogP contribution in [-0.4, -0.2) is 32.1 Å². The number of aryl methyl sites for hydroxylation is 1. The molecule has 1 fully saturated rings. The van der Waals surface area contributed by atoms with Gasteiger partial charge >= 0.3 is 5.97 Å². The molecule has 0 bridgehead atoms. The summed E-state index contributed by atoms with van der Waals surface area (Å²) in [4.78, 5) is 14.2. The molecule has 0 radical (unpaired) electrons. The van der Waals surface area contributed by atoms with Crippen LogP contribution >= 0.6 is 0 Å². The van der Waals surface area contributed by atoms with E-state index < -0.39 is 0 Å². The highest BCUT2D eigenvalue weighted by Crippen LogP contribution is 2.57. The molecule has 1 saturated carbocycles. The van der Waals surface area contributed by atoms with Crippen molar-refractivity contribution in [2.24, 2.45) is 5.41 Å². The van der Waals surface area contributed by atoms with Gasteiger partial charge < -0.3 is 9.64 Å². The topological polar surface area (TPSA) is 29.5 Å². The largest absolute Gasteiger partial charge is 0.469 e. The van der Waals surface area contributed by atoms with E-state index in [4.69, 9.17) is 4.74 Å². The first-order chi connectivity index (χ1) is 8.53. The summed E-state index contributed by atoms with van der Waals surface area (Å²) in [5.74, 6) is -0.0792. The number of hydrogen-bond donors (Lipinski definition) is 0. The highest BCUT2D eigenvalue weighted by Gasteiger charge is 2.58. The van der Waals surface area contributed by atoms with Crippen LogP contribution in [0.3, 0.4) is 0 Å². The van der Waals surface area contributed by atoms with Crippen LogP contribution in [0.2, 0.25) is 0 Å². The van der Waals surface area contributed by atoms with Crippen LogP contribution < -0.4 is 0 Å². The Bertz CT molecular complexity index is 450. The standard InChI is InChI=1S/C15H21NO2/c1-11-7-5-6-8-12(11)13(16(2)3)15(9-10-15)14(17)18-4/h5-8,13H,9-10H2,1-4H3. The van der Waals surface area contributed by atoms with E-state index in [0.29, 0.717) is 0 Å². The Kier molecular flexibility index (Phi) is 3.44. The number of carbonyl (C=O) groups excluding carboxylic acids is 1. The lowest BCUT2D eigenvalue weighted by atomic mass is 9.87. The number of rotatable bonds is 4. The smallest absolute Gasteiger partial charge is 0.313 e. The summed E-state index contributed by atoms with van der Waals surface area (Å²) in [6.45, 7) is 2.10. The van der Waals surface area contributed by atoms with E-state index in [1.165, 1.54) is 18.2 Å². The molecule has 1 atom stereocenters. The predicted octanol–water partition coefficient (Wildman–Crippen LogP) is 2.55. The molecule has 3 heteroatoms. The number of esters is 1. The van der Waals surface area contributed by atoms with Crippen LogP contribution in [0.5, 0.6) is 0 Å². The van der Waals surface area contributed by atoms with E-state index in [-0.39, 0.29) is 17.4 Å². The lowest BCUT2D eigenvalue weighted by molar-refractivity contribution is -0.150. The normalized spacial score (nSPS) is 18.5. The van der Waals surface area contributed by atoms with Crippen LogP contribution in [0.4, 0.5) is 0 Å². The molecule has 18 heavy (non-hydrogen) atoms. The molecule has 1 aromatic rings. The highest BCUT2D eigenvalue weighted by atomic mass is 16.5. The van der Waals surface area contributed by atoms with Crippen molar-refractivity contribution in [2.45, 2.75) is 25.8 Å². The van der Waals surface area contributed by atoms with Crippen LogP contribution in [0.15, 0.2) is 24.3 Å². The van der Waals surface area contributed by atoms with Gasteiger partial charge in [-0.2, -0.15) is 0 Å². The van der Waals surface area contributed by atoms with E-state index in [2.05, 4.69) is 24.0 Å². The van der Waals surface area contributed by atoms with Crippen molar-refractivity contribution in [3.63, 3.8) is 0 Å². The summed E-state index contributed by atoms with van der Waals surface area (Å²) in [7, 11) is 5.53. The Morgan fingerprint density at radius 1 is 1.33 bits per heavy atom. The van der Waals surface area contributed by atoms with Gasteiger partial charge in [0.25, 0.3) is 0 Å². The second-order valence-electron chi connectivity index (χ2n) is 5.37. The molecule has 1 unspecified atom stereocenters. The van der Waals surface area contributed by atoms with Crippen LogP contribution in [0.25, 0.3) is 0 Å². The van der Waals surface area contributed by atoms with Crippen molar-refractivity contribution in [1.29, 1.82) is 0 Å². The van der Waals surface area contributed by atoms with E-state index in [1.54, 1.807) is 0 Å². The van der Waals surface area contributed by atoms with Crippen molar-refractivity contribution in [3.8, 4) is 0 Å². The van der Waals surface area contributed by atoms with Crippen molar-refractivity contribution < 1.29 is 9.53 Å². The number of benzene rings is 1. The van der Waals surface area contributed by atoms with Gasteiger partial charge in [-0.3, -0.25) is 4.79 Å². The molecular formula is C15H21NO2. The number of carbonyl (C=O) groups is 1. The van der Waals surface area contributed by atoms with E-state index >= 15 is 0 Å². The Labute approximate surface area is 109 Å². The van der Waals surface area contributed by atoms with Crippen molar-refractivity contribution in [3.05, 3.63) is 35.4 Å². The molecule has 0 aromatic heterocycles. The van der Waals surface area contributed by atoms with Crippen molar-refractivity contribution in [1.82, 2.24) is 4.90 Å². The molecule has 0 N–H and O–H groups in total. The maximum absolute atomic E-state index is 12.1. The third-order valence-electron chi connectivity index (χ3n) is 3.90. The fraction of sp³-hybridized carbons (Fsp3) is 0.533. The third-order valence-corrected chi connectivity index (χ3v) is 3.90. The third kappa shape index (κ3) is 2.03. The van der Waals surface area contributed by atoms with Gasteiger partial charge in [0.05, 0.1) is 18.6 Å². The molecule has 0 aliphatic heterocycles.